The van der Waals surface area contributed by atoms with Gasteiger partial charge in [-0.1, -0.05) is 0 Å². The van der Waals surface area contributed by atoms with Crippen LogP contribution in [0.2, 0.25) is 0 Å². The van der Waals surface area contributed by atoms with Crippen molar-refractivity contribution < 1.29 is 23.0 Å². The van der Waals surface area contributed by atoms with Gasteiger partial charge < -0.3 is 14.6 Å². The van der Waals surface area contributed by atoms with Crippen molar-refractivity contribution in [3.05, 3.63) is 17.7 Å². The van der Waals surface area contributed by atoms with Gasteiger partial charge in [0.2, 0.25) is 10.0 Å². The predicted octanol–water partition coefficient (Wildman–Crippen LogP) is 0.198. The molecule has 0 amide bonds. The Morgan fingerprint density at radius 1 is 1.25 bits per heavy atom. The molecule has 0 radical (unpaired) electrons. The van der Waals surface area contributed by atoms with E-state index in [9.17, 15) is 13.5 Å². The van der Waals surface area contributed by atoms with Crippen molar-refractivity contribution in [2.24, 2.45) is 5.14 Å². The van der Waals surface area contributed by atoms with E-state index in [2.05, 4.69) is 0 Å². The Balaban J connectivity index is 3.23. The van der Waals surface area contributed by atoms with Gasteiger partial charge >= 0.3 is 0 Å². The Kier molecular flexibility index (Phi) is 3.61. The third-order valence-corrected chi connectivity index (χ3v) is 2.65. The van der Waals surface area contributed by atoms with Crippen molar-refractivity contribution in [1.29, 1.82) is 0 Å². The van der Waals surface area contributed by atoms with E-state index in [4.69, 9.17) is 14.6 Å². The van der Waals surface area contributed by atoms with E-state index in [1.165, 1.54) is 26.4 Å². The van der Waals surface area contributed by atoms with Gasteiger partial charge in [0.1, 0.15) is 5.75 Å². The SMILES string of the molecule is COc1cc(OC)c(CS(N)(=O)=O)cc1O. The number of aromatic hydroxyl groups is 1. The fraction of sp³-hybridized carbons (Fsp3) is 0.333. The van der Waals surface area contributed by atoms with Crippen LogP contribution in [0.4, 0.5) is 0 Å². The summed E-state index contributed by atoms with van der Waals surface area (Å²) >= 11 is 0. The molecule has 0 bridgehead atoms. The van der Waals surface area contributed by atoms with Crippen molar-refractivity contribution in [2.75, 3.05) is 14.2 Å². The molecular formula is C9H13NO5S. The molecule has 0 aliphatic carbocycles. The lowest BCUT2D eigenvalue weighted by Crippen LogP contribution is -2.15. The van der Waals surface area contributed by atoms with Crippen molar-refractivity contribution in [1.82, 2.24) is 0 Å². The molecule has 0 fully saturated rings. The normalized spacial score (nSPS) is 11.2. The van der Waals surface area contributed by atoms with Crippen molar-refractivity contribution in [3.8, 4) is 17.2 Å². The zero-order chi connectivity index (χ0) is 12.3. The number of phenolic OH excluding ortho intramolecular Hbond substituents is 1. The zero-order valence-corrected chi connectivity index (χ0v) is 9.74. The minimum Gasteiger partial charge on any atom is -0.504 e. The highest BCUT2D eigenvalue weighted by molar-refractivity contribution is 7.88. The second-order valence-corrected chi connectivity index (χ2v) is 4.76. The molecule has 1 rings (SSSR count). The van der Waals surface area contributed by atoms with Crippen LogP contribution in [0.1, 0.15) is 5.56 Å². The molecular weight excluding hydrogens is 234 g/mol. The van der Waals surface area contributed by atoms with Crippen LogP contribution in [0.25, 0.3) is 0 Å². The first-order chi connectivity index (χ1) is 7.37. The molecule has 0 aliphatic heterocycles. The number of benzene rings is 1. The second-order valence-electron chi connectivity index (χ2n) is 3.14. The molecule has 1 aromatic rings. The number of sulfonamides is 1. The zero-order valence-electron chi connectivity index (χ0n) is 8.93. The summed E-state index contributed by atoms with van der Waals surface area (Å²) in [5, 5.41) is 14.4. The first-order valence-electron chi connectivity index (χ1n) is 4.31. The smallest absolute Gasteiger partial charge is 0.213 e. The first-order valence-corrected chi connectivity index (χ1v) is 6.03. The van der Waals surface area contributed by atoms with Gasteiger partial charge in [0.15, 0.2) is 11.5 Å². The van der Waals surface area contributed by atoms with Gasteiger partial charge in [-0.3, -0.25) is 0 Å². The van der Waals surface area contributed by atoms with Gasteiger partial charge in [0.25, 0.3) is 0 Å². The van der Waals surface area contributed by atoms with Gasteiger partial charge in [-0.25, -0.2) is 13.6 Å². The molecule has 0 aromatic heterocycles. The van der Waals surface area contributed by atoms with Crippen LogP contribution in [0.5, 0.6) is 17.2 Å². The number of nitrogens with two attached hydrogens (primary N) is 1. The van der Waals surface area contributed by atoms with Crippen molar-refractivity contribution in [3.63, 3.8) is 0 Å². The fourth-order valence-electron chi connectivity index (χ4n) is 1.28. The third kappa shape index (κ3) is 3.01. The third-order valence-electron chi connectivity index (χ3n) is 1.94. The van der Waals surface area contributed by atoms with E-state index in [0.717, 1.165) is 0 Å². The van der Waals surface area contributed by atoms with Crippen LogP contribution in [0.3, 0.4) is 0 Å². The molecule has 0 unspecified atom stereocenters. The van der Waals surface area contributed by atoms with E-state index >= 15 is 0 Å². The summed E-state index contributed by atoms with van der Waals surface area (Å²) in [5.74, 6) is -0.0751. The summed E-state index contributed by atoms with van der Waals surface area (Å²) in [6.07, 6.45) is 0. The highest BCUT2D eigenvalue weighted by Crippen LogP contribution is 2.34. The maximum Gasteiger partial charge on any atom is 0.213 e. The Labute approximate surface area is 93.6 Å². The monoisotopic (exact) mass is 247 g/mol. The molecule has 0 saturated heterocycles. The second kappa shape index (κ2) is 4.58. The average molecular weight is 247 g/mol. The molecule has 0 saturated carbocycles. The van der Waals surface area contributed by atoms with Crippen LogP contribution < -0.4 is 14.6 Å². The topological polar surface area (TPSA) is 98.9 Å². The molecule has 0 aliphatic rings. The van der Waals surface area contributed by atoms with Gasteiger partial charge in [-0.15, -0.1) is 0 Å². The van der Waals surface area contributed by atoms with Gasteiger partial charge in [-0.05, 0) is 6.07 Å². The molecule has 1 aromatic carbocycles. The summed E-state index contributed by atoms with van der Waals surface area (Å²) in [6.45, 7) is 0. The number of primary sulfonamides is 1. The molecule has 7 heteroatoms. The minimum absolute atomic E-state index is 0.165. The molecule has 0 heterocycles. The first kappa shape index (κ1) is 12.6. The molecule has 0 atom stereocenters. The summed E-state index contributed by atoms with van der Waals surface area (Å²) in [6, 6.07) is 2.65. The van der Waals surface area contributed by atoms with E-state index in [1.54, 1.807) is 0 Å². The molecule has 90 valence electrons. The van der Waals surface area contributed by atoms with E-state index in [-0.39, 0.29) is 17.1 Å². The maximum atomic E-state index is 10.9. The number of methoxy groups -OCH3 is 2. The number of hydrogen-bond donors (Lipinski definition) is 2. The lowest BCUT2D eigenvalue weighted by atomic mass is 10.2. The number of phenols is 1. The fourth-order valence-corrected chi connectivity index (χ4v) is 1.94. The Hall–Kier alpha value is -1.47. The minimum atomic E-state index is -3.68. The van der Waals surface area contributed by atoms with E-state index in [1.807, 2.05) is 0 Å². The number of ether oxygens (including phenoxy) is 2. The van der Waals surface area contributed by atoms with Gasteiger partial charge in [0.05, 0.1) is 20.0 Å². The predicted molar refractivity (Wildman–Crippen MR) is 58.0 cm³/mol. The summed E-state index contributed by atoms with van der Waals surface area (Å²) in [5.41, 5.74) is 0.281. The van der Waals surface area contributed by atoms with Crippen LogP contribution >= 0.6 is 0 Å². The van der Waals surface area contributed by atoms with Crippen molar-refractivity contribution in [2.45, 2.75) is 5.75 Å². The lowest BCUT2D eigenvalue weighted by molar-refractivity contribution is 0.363. The molecule has 3 N–H and O–H groups in total. The highest BCUT2D eigenvalue weighted by atomic mass is 32.2. The Bertz CT molecular complexity index is 483. The van der Waals surface area contributed by atoms with Crippen LogP contribution in [-0.2, 0) is 15.8 Å². The van der Waals surface area contributed by atoms with Crippen LogP contribution in [0.15, 0.2) is 12.1 Å². The standard InChI is InChI=1S/C9H13NO5S/c1-14-8-4-9(15-2)7(11)3-6(8)5-16(10,12)13/h3-4,11H,5H2,1-2H3,(H2,10,12,13). The largest absolute Gasteiger partial charge is 0.504 e. The molecule has 16 heavy (non-hydrogen) atoms. The Morgan fingerprint density at radius 2 is 1.81 bits per heavy atom. The number of rotatable bonds is 4. The van der Waals surface area contributed by atoms with E-state index < -0.39 is 15.8 Å². The molecule has 6 nitrogen and oxygen atoms in total. The summed E-state index contributed by atoms with van der Waals surface area (Å²) in [4.78, 5) is 0. The van der Waals surface area contributed by atoms with Crippen LogP contribution in [0, 0.1) is 0 Å². The van der Waals surface area contributed by atoms with Crippen molar-refractivity contribution >= 4 is 10.0 Å². The van der Waals surface area contributed by atoms with E-state index in [0.29, 0.717) is 5.75 Å². The average Bonchev–Trinajstić information content (AvgIpc) is 2.16. The molecule has 0 spiro atoms. The number of hydrogen-bond acceptors (Lipinski definition) is 5. The lowest BCUT2D eigenvalue weighted by Gasteiger charge is -2.11. The summed E-state index contributed by atoms with van der Waals surface area (Å²) < 4.78 is 31.7. The summed E-state index contributed by atoms with van der Waals surface area (Å²) in [7, 11) is -0.908. The highest BCUT2D eigenvalue weighted by Gasteiger charge is 2.14. The Morgan fingerprint density at radius 3 is 2.25 bits per heavy atom. The van der Waals surface area contributed by atoms with Gasteiger partial charge in [-0.2, -0.15) is 0 Å². The van der Waals surface area contributed by atoms with Gasteiger partial charge in [0, 0.05) is 11.6 Å². The quantitative estimate of drug-likeness (QED) is 0.791. The van der Waals surface area contributed by atoms with Crippen LogP contribution in [-0.4, -0.2) is 27.7 Å². The maximum absolute atomic E-state index is 10.9.